The van der Waals surface area contributed by atoms with Crippen LogP contribution in [0.1, 0.15) is 33.6 Å². The monoisotopic (exact) mass is 181 g/mol. The molecule has 0 aromatic carbocycles. The van der Waals surface area contributed by atoms with Crippen molar-refractivity contribution in [1.82, 2.24) is 4.90 Å². The molecule has 11 heavy (non-hydrogen) atoms. The van der Waals surface area contributed by atoms with Crippen molar-refractivity contribution >= 4 is 51.4 Å². The van der Waals surface area contributed by atoms with Crippen LogP contribution in [0.25, 0.3) is 0 Å². The van der Waals surface area contributed by atoms with Crippen LogP contribution in [-0.4, -0.2) is 75.4 Å². The molecule has 0 bridgehead atoms. The summed E-state index contributed by atoms with van der Waals surface area (Å²) < 4.78 is 0. The third-order valence-corrected chi connectivity index (χ3v) is 3.32. The summed E-state index contributed by atoms with van der Waals surface area (Å²) in [4.78, 5) is 2.47. The molecule has 0 saturated carbocycles. The summed E-state index contributed by atoms with van der Waals surface area (Å²) in [6, 6.07) is 0. The molecule has 0 aliphatic carbocycles. The van der Waals surface area contributed by atoms with Gasteiger partial charge in [0.25, 0.3) is 0 Å². The molecule has 1 atom stereocenters. The van der Waals surface area contributed by atoms with E-state index in [1.165, 1.54) is 19.4 Å². The van der Waals surface area contributed by atoms with Crippen LogP contribution < -0.4 is 0 Å². The first-order chi connectivity index (χ1) is 4.55. The molecule has 1 fully saturated rings. The first-order valence-corrected chi connectivity index (χ1v) is 4.26. The fourth-order valence-corrected chi connectivity index (χ4v) is 1.65. The van der Waals surface area contributed by atoms with Gasteiger partial charge in [0, 0.05) is 5.54 Å². The molecular formula is C9H20KN. The predicted molar refractivity (Wildman–Crippen MR) is 52.3 cm³/mol. The van der Waals surface area contributed by atoms with Crippen LogP contribution in [0.3, 0.4) is 0 Å². The maximum atomic E-state index is 2.47. The van der Waals surface area contributed by atoms with Crippen molar-refractivity contribution in [3.8, 4) is 0 Å². The molecule has 1 nitrogen and oxygen atoms in total. The zero-order valence-electron chi connectivity index (χ0n) is 7.65. The second-order valence-electron chi connectivity index (χ2n) is 4.12. The van der Waals surface area contributed by atoms with Gasteiger partial charge in [-0.2, -0.15) is 0 Å². The summed E-state index contributed by atoms with van der Waals surface area (Å²) >= 11 is 0. The molecule has 0 amide bonds. The summed E-state index contributed by atoms with van der Waals surface area (Å²) in [6.45, 7) is 8.32. The fraction of sp³-hybridized carbons (Fsp3) is 1.00. The summed E-state index contributed by atoms with van der Waals surface area (Å²) in [7, 11) is 2.23. The van der Waals surface area contributed by atoms with Crippen molar-refractivity contribution in [3.05, 3.63) is 0 Å². The van der Waals surface area contributed by atoms with Crippen molar-refractivity contribution in [1.29, 1.82) is 0 Å². The molecule has 1 unspecified atom stereocenters. The van der Waals surface area contributed by atoms with Crippen LogP contribution in [0.15, 0.2) is 0 Å². The van der Waals surface area contributed by atoms with E-state index in [2.05, 4.69) is 32.7 Å². The van der Waals surface area contributed by atoms with E-state index in [0.717, 1.165) is 5.92 Å². The van der Waals surface area contributed by atoms with Crippen molar-refractivity contribution in [3.63, 3.8) is 0 Å². The molecule has 2 heteroatoms. The molecule has 0 aromatic rings. The summed E-state index contributed by atoms with van der Waals surface area (Å²) in [5.41, 5.74) is 0.429. The molecule has 62 valence electrons. The first-order valence-electron chi connectivity index (χ1n) is 4.26. The summed E-state index contributed by atoms with van der Waals surface area (Å²) in [5, 5.41) is 0. The number of nitrogens with zero attached hydrogens (tertiary/aromatic N) is 1. The van der Waals surface area contributed by atoms with Crippen molar-refractivity contribution < 1.29 is 0 Å². The molecule has 1 rings (SSSR count). The number of likely N-dealkylation sites (tertiary alicyclic amines) is 1. The Hall–Kier alpha value is 1.60. The van der Waals surface area contributed by atoms with E-state index in [1.54, 1.807) is 0 Å². The Kier molecular flexibility index (Phi) is 5.41. The first kappa shape index (κ1) is 12.6. The quantitative estimate of drug-likeness (QED) is 0.512. The van der Waals surface area contributed by atoms with E-state index in [1.807, 2.05) is 0 Å². The van der Waals surface area contributed by atoms with Crippen LogP contribution >= 0.6 is 0 Å². The Morgan fingerprint density at radius 1 is 1.36 bits per heavy atom. The summed E-state index contributed by atoms with van der Waals surface area (Å²) in [5.74, 6) is 0.853. The molecular weight excluding hydrogens is 161 g/mol. The summed E-state index contributed by atoms with van der Waals surface area (Å²) in [6.07, 6.45) is 2.78. The predicted octanol–water partition coefficient (Wildman–Crippen LogP) is 1.48. The van der Waals surface area contributed by atoms with E-state index in [4.69, 9.17) is 0 Å². The SMILES string of the molecule is CC1CCCN(C)C1(C)C.[KH]. The standard InChI is InChI=1S/C9H19N.K.H/c1-8-6-5-7-10(4)9(8,2)3;;/h8H,5-7H2,1-4H3;;. The molecule has 1 saturated heterocycles. The van der Waals surface area contributed by atoms with E-state index < -0.39 is 0 Å². The number of hydrogen-bond acceptors (Lipinski definition) is 1. The average molecular weight is 181 g/mol. The van der Waals surface area contributed by atoms with E-state index in [0.29, 0.717) is 5.54 Å². The minimum absolute atomic E-state index is 0. The van der Waals surface area contributed by atoms with Crippen LogP contribution in [0.2, 0.25) is 0 Å². The molecule has 0 radical (unpaired) electrons. The van der Waals surface area contributed by atoms with E-state index >= 15 is 0 Å². The molecule has 0 aromatic heterocycles. The Morgan fingerprint density at radius 3 is 2.27 bits per heavy atom. The Bertz CT molecular complexity index is 111. The van der Waals surface area contributed by atoms with Gasteiger partial charge in [-0.05, 0) is 46.2 Å². The zero-order chi connectivity index (χ0) is 7.78. The third kappa shape index (κ3) is 2.78. The molecule has 0 N–H and O–H groups in total. The van der Waals surface area contributed by atoms with Crippen molar-refractivity contribution in [2.75, 3.05) is 13.6 Å². The van der Waals surface area contributed by atoms with Crippen LogP contribution in [0, 0.1) is 5.92 Å². The van der Waals surface area contributed by atoms with Crippen molar-refractivity contribution in [2.45, 2.75) is 39.2 Å². The molecule has 0 spiro atoms. The topological polar surface area (TPSA) is 3.24 Å². The third-order valence-electron chi connectivity index (χ3n) is 3.32. The average Bonchev–Trinajstić information content (AvgIpc) is 1.84. The Morgan fingerprint density at radius 2 is 1.91 bits per heavy atom. The second-order valence-corrected chi connectivity index (χ2v) is 4.12. The van der Waals surface area contributed by atoms with Gasteiger partial charge in [0.1, 0.15) is 0 Å². The maximum absolute atomic E-state index is 2.47. The normalized spacial score (nSPS) is 31.1. The van der Waals surface area contributed by atoms with Gasteiger partial charge in [-0.25, -0.2) is 0 Å². The van der Waals surface area contributed by atoms with Crippen LogP contribution in [0.5, 0.6) is 0 Å². The molecule has 1 heterocycles. The van der Waals surface area contributed by atoms with Gasteiger partial charge >= 0.3 is 51.4 Å². The minimum atomic E-state index is 0. The van der Waals surface area contributed by atoms with E-state index in [-0.39, 0.29) is 51.4 Å². The second kappa shape index (κ2) is 4.73. The van der Waals surface area contributed by atoms with Crippen LogP contribution in [0.4, 0.5) is 0 Å². The van der Waals surface area contributed by atoms with Gasteiger partial charge in [0.15, 0.2) is 0 Å². The van der Waals surface area contributed by atoms with Gasteiger partial charge in [0.2, 0.25) is 0 Å². The van der Waals surface area contributed by atoms with E-state index in [9.17, 15) is 0 Å². The van der Waals surface area contributed by atoms with Crippen molar-refractivity contribution in [2.24, 2.45) is 5.92 Å². The van der Waals surface area contributed by atoms with Gasteiger partial charge in [0.05, 0.1) is 0 Å². The number of hydrogen-bond donors (Lipinski definition) is 0. The van der Waals surface area contributed by atoms with Gasteiger partial charge < -0.3 is 4.90 Å². The molecule has 1 aliphatic rings. The van der Waals surface area contributed by atoms with Crippen LogP contribution in [-0.2, 0) is 0 Å². The Balaban J connectivity index is 0.000001000. The van der Waals surface area contributed by atoms with Gasteiger partial charge in [-0.1, -0.05) is 6.92 Å². The van der Waals surface area contributed by atoms with Gasteiger partial charge in [-0.15, -0.1) is 0 Å². The van der Waals surface area contributed by atoms with Gasteiger partial charge in [-0.3, -0.25) is 0 Å². The fourth-order valence-electron chi connectivity index (χ4n) is 1.65. The number of rotatable bonds is 0. The number of piperidine rings is 1. The zero-order valence-corrected chi connectivity index (χ0v) is 7.65. The Labute approximate surface area is 113 Å². The molecule has 1 aliphatic heterocycles.